The first-order chi connectivity index (χ1) is 16.1. The monoisotopic (exact) mass is 446 g/mol. The predicted octanol–water partition coefficient (Wildman–Crippen LogP) is 3.73. The van der Waals surface area contributed by atoms with Gasteiger partial charge in [-0.15, -0.1) is 0 Å². The van der Waals surface area contributed by atoms with Crippen LogP contribution in [0.25, 0.3) is 6.08 Å². The lowest BCUT2D eigenvalue weighted by Crippen LogP contribution is -2.36. The normalized spacial score (nSPS) is 13.9. The van der Waals surface area contributed by atoms with Crippen LogP contribution in [0.1, 0.15) is 21.6 Å². The van der Waals surface area contributed by atoms with Crippen LogP contribution in [-0.2, 0) is 16.1 Å². The molecule has 170 valence electrons. The second-order valence-electron chi connectivity index (χ2n) is 7.68. The summed E-state index contributed by atoms with van der Waals surface area (Å²) >= 11 is 0. The van der Waals surface area contributed by atoms with E-state index in [1.165, 1.54) is 0 Å². The van der Waals surface area contributed by atoms with Gasteiger partial charge in [-0.3, -0.25) is 4.79 Å². The van der Waals surface area contributed by atoms with E-state index < -0.39 is 5.97 Å². The molecule has 0 atom stereocenters. The Kier molecular flexibility index (Phi) is 7.22. The molecule has 7 heteroatoms. The summed E-state index contributed by atoms with van der Waals surface area (Å²) in [6, 6.07) is 18.6. The van der Waals surface area contributed by atoms with Gasteiger partial charge in [0.15, 0.2) is 6.61 Å². The summed E-state index contributed by atoms with van der Waals surface area (Å²) in [5.74, 6) is -0.542. The molecule has 0 bridgehead atoms. The highest BCUT2D eigenvalue weighted by Crippen LogP contribution is 2.19. The molecule has 1 fully saturated rings. The first-order valence-electron chi connectivity index (χ1n) is 10.8. The van der Waals surface area contributed by atoms with E-state index in [4.69, 9.17) is 14.6 Å². The van der Waals surface area contributed by atoms with Gasteiger partial charge in [0.05, 0.1) is 18.9 Å². The second-order valence-corrected chi connectivity index (χ2v) is 7.68. The average Bonchev–Trinajstić information content (AvgIpc) is 3.32. The number of morpholine rings is 1. The van der Waals surface area contributed by atoms with E-state index in [9.17, 15) is 9.59 Å². The van der Waals surface area contributed by atoms with Crippen molar-refractivity contribution >= 4 is 23.5 Å². The molecule has 1 N–H and O–H groups in total. The summed E-state index contributed by atoms with van der Waals surface area (Å²) in [5.41, 5.74) is 3.26. The lowest BCUT2D eigenvalue weighted by Gasteiger charge is -2.28. The number of aliphatic carboxylic acids is 1. The summed E-state index contributed by atoms with van der Waals surface area (Å²) in [7, 11) is 0. The molecule has 1 saturated heterocycles. The van der Waals surface area contributed by atoms with Crippen LogP contribution in [0, 0.1) is 0 Å². The average molecular weight is 447 g/mol. The molecule has 4 rings (SSSR count). The molecule has 33 heavy (non-hydrogen) atoms. The Morgan fingerprint density at radius 3 is 2.58 bits per heavy atom. The molecular formula is C26H26N2O5. The molecule has 0 aliphatic carbocycles. The van der Waals surface area contributed by atoms with Crippen molar-refractivity contribution in [2.24, 2.45) is 0 Å². The summed E-state index contributed by atoms with van der Waals surface area (Å²) in [5, 5.41) is 8.74. The van der Waals surface area contributed by atoms with Crippen LogP contribution in [0.2, 0.25) is 0 Å². The number of carbonyl (C=O) groups excluding carboxylic acids is 1. The van der Waals surface area contributed by atoms with Gasteiger partial charge >= 0.3 is 5.97 Å². The Labute approximate surface area is 192 Å². The number of ether oxygens (including phenoxy) is 2. The molecule has 0 radical (unpaired) electrons. The quantitative estimate of drug-likeness (QED) is 0.505. The highest BCUT2D eigenvalue weighted by Gasteiger charge is 2.15. The predicted molar refractivity (Wildman–Crippen MR) is 126 cm³/mol. The van der Waals surface area contributed by atoms with Gasteiger partial charge in [-0.05, 0) is 54.1 Å². The number of carboxylic acid groups (broad SMARTS) is 1. The highest BCUT2D eigenvalue weighted by atomic mass is 16.5. The topological polar surface area (TPSA) is 81.0 Å². The van der Waals surface area contributed by atoms with E-state index in [2.05, 4.69) is 4.90 Å². The highest BCUT2D eigenvalue weighted by molar-refractivity contribution is 6.08. The van der Waals surface area contributed by atoms with Gasteiger partial charge in [-0.25, -0.2) is 4.79 Å². The zero-order chi connectivity index (χ0) is 23.0. The Morgan fingerprint density at radius 2 is 1.82 bits per heavy atom. The SMILES string of the molecule is O=C(O)COc1cccc(C=CCn2cccc2C(=O)c2ccc(N3CCOCC3)cc2)c1. The van der Waals surface area contributed by atoms with Crippen molar-refractivity contribution in [3.8, 4) is 5.75 Å². The molecule has 1 aliphatic heterocycles. The number of anilines is 1. The van der Waals surface area contributed by atoms with Crippen molar-refractivity contribution in [3.63, 3.8) is 0 Å². The molecule has 0 unspecified atom stereocenters. The van der Waals surface area contributed by atoms with Crippen molar-refractivity contribution in [3.05, 3.63) is 89.8 Å². The third kappa shape index (κ3) is 5.90. The Bertz CT molecular complexity index is 1130. The number of hydrogen-bond donors (Lipinski definition) is 1. The molecule has 0 spiro atoms. The fourth-order valence-electron chi connectivity index (χ4n) is 3.73. The van der Waals surface area contributed by atoms with E-state index in [1.54, 1.807) is 12.1 Å². The van der Waals surface area contributed by atoms with E-state index in [0.29, 0.717) is 23.6 Å². The Hall–Kier alpha value is -3.84. The number of carboxylic acids is 1. The zero-order valence-corrected chi connectivity index (χ0v) is 18.2. The van der Waals surface area contributed by atoms with Gasteiger partial charge in [0.1, 0.15) is 5.75 Å². The molecule has 0 amide bonds. The standard InChI is InChI=1S/C26H26N2O5/c29-25(30)19-33-23-6-1-4-20(18-23)5-2-12-28-13-3-7-24(28)26(31)21-8-10-22(11-9-21)27-14-16-32-17-15-27/h1-11,13,18H,12,14-17,19H2,(H,29,30). The maximum Gasteiger partial charge on any atom is 0.341 e. The van der Waals surface area contributed by atoms with Gasteiger partial charge in [0.2, 0.25) is 5.78 Å². The molecule has 2 heterocycles. The molecule has 0 saturated carbocycles. The fraction of sp³-hybridized carbons (Fsp3) is 0.231. The first-order valence-corrected chi connectivity index (χ1v) is 10.8. The number of benzene rings is 2. The number of aromatic nitrogens is 1. The maximum atomic E-state index is 13.1. The zero-order valence-electron chi connectivity index (χ0n) is 18.2. The van der Waals surface area contributed by atoms with Crippen LogP contribution in [-0.4, -0.2) is 54.3 Å². The van der Waals surface area contributed by atoms with Gasteiger partial charge in [0, 0.05) is 37.1 Å². The Balaban J connectivity index is 1.40. The summed E-state index contributed by atoms with van der Waals surface area (Å²) in [6.45, 7) is 3.31. The van der Waals surface area contributed by atoms with Crippen molar-refractivity contribution in [1.29, 1.82) is 0 Å². The van der Waals surface area contributed by atoms with Crippen molar-refractivity contribution in [2.45, 2.75) is 6.54 Å². The number of hydrogen-bond acceptors (Lipinski definition) is 5. The Morgan fingerprint density at radius 1 is 1.03 bits per heavy atom. The minimum absolute atomic E-state index is 0.0222. The molecule has 1 aliphatic rings. The van der Waals surface area contributed by atoms with Gasteiger partial charge in [-0.1, -0.05) is 24.3 Å². The van der Waals surface area contributed by atoms with Crippen LogP contribution in [0.3, 0.4) is 0 Å². The number of rotatable bonds is 9. The van der Waals surface area contributed by atoms with E-state index in [1.807, 2.05) is 71.4 Å². The van der Waals surface area contributed by atoms with Gasteiger partial charge in [0.25, 0.3) is 0 Å². The molecular weight excluding hydrogens is 420 g/mol. The number of ketones is 1. The number of nitrogens with zero attached hydrogens (tertiary/aromatic N) is 2. The summed E-state index contributed by atoms with van der Waals surface area (Å²) in [6.07, 6.45) is 5.75. The van der Waals surface area contributed by atoms with E-state index in [0.717, 1.165) is 37.6 Å². The van der Waals surface area contributed by atoms with Gasteiger partial charge in [-0.2, -0.15) is 0 Å². The summed E-state index contributed by atoms with van der Waals surface area (Å²) < 4.78 is 12.5. The smallest absolute Gasteiger partial charge is 0.341 e. The van der Waals surface area contributed by atoms with Crippen LogP contribution in [0.15, 0.2) is 72.9 Å². The van der Waals surface area contributed by atoms with Crippen LogP contribution in [0.4, 0.5) is 5.69 Å². The fourth-order valence-corrected chi connectivity index (χ4v) is 3.73. The minimum atomic E-state index is -1.02. The molecule has 3 aromatic rings. The largest absolute Gasteiger partial charge is 0.482 e. The van der Waals surface area contributed by atoms with E-state index >= 15 is 0 Å². The second kappa shape index (κ2) is 10.7. The number of allylic oxidation sites excluding steroid dienone is 1. The number of carbonyl (C=O) groups is 2. The first kappa shape index (κ1) is 22.4. The van der Waals surface area contributed by atoms with Gasteiger partial charge < -0.3 is 24.0 Å². The van der Waals surface area contributed by atoms with Crippen molar-refractivity contribution < 1.29 is 24.2 Å². The lowest BCUT2D eigenvalue weighted by molar-refractivity contribution is -0.139. The lowest BCUT2D eigenvalue weighted by atomic mass is 10.1. The van der Waals surface area contributed by atoms with Crippen LogP contribution >= 0.6 is 0 Å². The third-order valence-electron chi connectivity index (χ3n) is 5.40. The van der Waals surface area contributed by atoms with Crippen molar-refractivity contribution in [1.82, 2.24) is 4.57 Å². The molecule has 7 nitrogen and oxygen atoms in total. The molecule has 1 aromatic heterocycles. The minimum Gasteiger partial charge on any atom is -0.482 e. The third-order valence-corrected chi connectivity index (χ3v) is 5.40. The maximum absolute atomic E-state index is 13.1. The molecule has 2 aromatic carbocycles. The summed E-state index contributed by atoms with van der Waals surface area (Å²) in [4.78, 5) is 26.0. The van der Waals surface area contributed by atoms with Crippen LogP contribution in [0.5, 0.6) is 5.75 Å². The van der Waals surface area contributed by atoms with E-state index in [-0.39, 0.29) is 12.4 Å². The van der Waals surface area contributed by atoms with Crippen LogP contribution < -0.4 is 9.64 Å². The van der Waals surface area contributed by atoms with Crippen molar-refractivity contribution in [2.75, 3.05) is 37.8 Å².